The maximum Gasteiger partial charge on any atom is 0.238 e. The van der Waals surface area contributed by atoms with E-state index in [-0.39, 0.29) is 47.9 Å². The second-order valence-electron chi connectivity index (χ2n) is 9.10. The number of hydrogen-bond donors (Lipinski definition) is 0. The van der Waals surface area contributed by atoms with Gasteiger partial charge >= 0.3 is 0 Å². The van der Waals surface area contributed by atoms with Crippen molar-refractivity contribution in [1.29, 1.82) is 0 Å². The van der Waals surface area contributed by atoms with Crippen LogP contribution in [0.4, 0.5) is 5.69 Å². The van der Waals surface area contributed by atoms with Crippen LogP contribution in [0.1, 0.15) is 16.8 Å². The van der Waals surface area contributed by atoms with Crippen molar-refractivity contribution in [2.24, 2.45) is 35.5 Å². The van der Waals surface area contributed by atoms with Gasteiger partial charge in [0.25, 0.3) is 0 Å². The first-order chi connectivity index (χ1) is 15.6. The predicted molar refractivity (Wildman–Crippen MR) is 116 cm³/mol. The molecular formula is C26H23NO5. The number of rotatable bonds is 6. The highest BCUT2D eigenvalue weighted by Crippen LogP contribution is 2.65. The minimum absolute atomic E-state index is 0.0772. The number of anilines is 1. The Morgan fingerprint density at radius 3 is 2.22 bits per heavy atom. The molecular weight excluding hydrogens is 406 g/mol. The first-order valence-corrected chi connectivity index (χ1v) is 11.0. The van der Waals surface area contributed by atoms with Gasteiger partial charge in [0, 0.05) is 5.56 Å². The lowest BCUT2D eigenvalue weighted by Crippen LogP contribution is -2.40. The highest BCUT2D eigenvalue weighted by Gasteiger charge is 2.67. The van der Waals surface area contributed by atoms with E-state index in [2.05, 4.69) is 12.2 Å². The molecule has 7 rings (SSSR count). The van der Waals surface area contributed by atoms with Crippen LogP contribution in [-0.4, -0.2) is 31.3 Å². The molecule has 0 N–H and O–H groups in total. The summed E-state index contributed by atoms with van der Waals surface area (Å²) in [4.78, 5) is 40.2. The summed E-state index contributed by atoms with van der Waals surface area (Å²) in [5, 5.41) is 0. The Bertz CT molecular complexity index is 1120. The van der Waals surface area contributed by atoms with Crippen molar-refractivity contribution in [1.82, 2.24) is 0 Å². The zero-order valence-electron chi connectivity index (χ0n) is 17.6. The fourth-order valence-electron chi connectivity index (χ4n) is 5.93. The molecule has 2 saturated carbocycles. The Labute approximate surface area is 185 Å². The normalized spacial score (nSPS) is 31.3. The summed E-state index contributed by atoms with van der Waals surface area (Å²) >= 11 is 0. The number of hydrogen-bond acceptors (Lipinski definition) is 5. The van der Waals surface area contributed by atoms with Crippen LogP contribution in [0.15, 0.2) is 60.7 Å². The van der Waals surface area contributed by atoms with Crippen LogP contribution < -0.4 is 14.4 Å². The summed E-state index contributed by atoms with van der Waals surface area (Å²) in [6.07, 6.45) is 5.49. The number of allylic oxidation sites excluding steroid dienone is 2. The van der Waals surface area contributed by atoms with Crippen LogP contribution in [0.2, 0.25) is 0 Å². The third-order valence-corrected chi connectivity index (χ3v) is 7.52. The van der Waals surface area contributed by atoms with E-state index in [1.807, 2.05) is 0 Å². The van der Waals surface area contributed by atoms with Crippen LogP contribution in [0.25, 0.3) is 0 Å². The van der Waals surface area contributed by atoms with Gasteiger partial charge in [0.2, 0.25) is 11.8 Å². The average molecular weight is 429 g/mol. The van der Waals surface area contributed by atoms with Gasteiger partial charge in [0.1, 0.15) is 11.5 Å². The van der Waals surface area contributed by atoms with Crippen molar-refractivity contribution in [2.45, 2.75) is 6.42 Å². The summed E-state index contributed by atoms with van der Waals surface area (Å²) in [7, 11) is 1.55. The first kappa shape index (κ1) is 19.3. The van der Waals surface area contributed by atoms with Gasteiger partial charge in [-0.05, 0) is 66.5 Å². The van der Waals surface area contributed by atoms with E-state index in [0.717, 1.165) is 6.42 Å². The van der Waals surface area contributed by atoms with Crippen molar-refractivity contribution in [2.75, 3.05) is 18.6 Å². The van der Waals surface area contributed by atoms with Gasteiger partial charge in [0.15, 0.2) is 12.4 Å². The van der Waals surface area contributed by atoms with Crippen molar-refractivity contribution in [3.8, 4) is 11.5 Å². The number of nitrogens with zero attached hydrogens (tertiary/aromatic N) is 1. The van der Waals surface area contributed by atoms with Gasteiger partial charge in [-0.15, -0.1) is 0 Å². The van der Waals surface area contributed by atoms with Gasteiger partial charge < -0.3 is 9.47 Å². The fraction of sp³-hybridized carbons (Fsp3) is 0.346. The molecule has 1 heterocycles. The minimum Gasteiger partial charge on any atom is -0.497 e. The molecule has 0 spiro atoms. The van der Waals surface area contributed by atoms with E-state index in [1.54, 1.807) is 55.6 Å². The number of ketones is 1. The maximum atomic E-state index is 13.2. The number of amides is 2. The van der Waals surface area contributed by atoms with Crippen LogP contribution in [0.3, 0.4) is 0 Å². The maximum absolute atomic E-state index is 13.2. The molecule has 32 heavy (non-hydrogen) atoms. The molecule has 2 bridgehead atoms. The van der Waals surface area contributed by atoms with Gasteiger partial charge in [0.05, 0.1) is 24.6 Å². The topological polar surface area (TPSA) is 72.9 Å². The summed E-state index contributed by atoms with van der Waals surface area (Å²) in [5.41, 5.74) is 1.08. The molecule has 0 unspecified atom stereocenters. The monoisotopic (exact) mass is 429 g/mol. The first-order valence-electron chi connectivity index (χ1n) is 11.0. The molecule has 5 aliphatic rings. The zero-order chi connectivity index (χ0) is 22.0. The standard InChI is InChI=1S/C26H23NO5/c1-31-17-4-2-3-14(11-17)22(28)13-32-16-7-5-15(6-8-16)27-25(29)23-18-9-10-19(21-12-20(18)21)24(23)26(27)30/h2-11,18-21,23-24H,12-13H2,1H3/t18-,19-,20-,21+,23-,24+/m0/s1. The van der Waals surface area contributed by atoms with Crippen LogP contribution in [0.5, 0.6) is 11.5 Å². The molecule has 1 saturated heterocycles. The summed E-state index contributed by atoms with van der Waals surface area (Å²) < 4.78 is 10.8. The Morgan fingerprint density at radius 1 is 0.938 bits per heavy atom. The summed E-state index contributed by atoms with van der Waals surface area (Å²) in [6.45, 7) is -0.115. The molecule has 6 heteroatoms. The second-order valence-corrected chi connectivity index (χ2v) is 9.10. The quantitative estimate of drug-likeness (QED) is 0.399. The molecule has 4 aliphatic carbocycles. The molecule has 6 atom stereocenters. The van der Waals surface area contributed by atoms with Gasteiger partial charge in [-0.2, -0.15) is 0 Å². The largest absolute Gasteiger partial charge is 0.497 e. The molecule has 2 aromatic rings. The Kier molecular flexibility index (Phi) is 4.25. The van der Waals surface area contributed by atoms with E-state index < -0.39 is 0 Å². The van der Waals surface area contributed by atoms with Gasteiger partial charge in [-0.25, -0.2) is 0 Å². The molecule has 1 aliphatic heterocycles. The number of benzene rings is 2. The lowest BCUT2D eigenvalue weighted by Gasteiger charge is -2.37. The third kappa shape index (κ3) is 2.82. The van der Waals surface area contributed by atoms with Gasteiger partial charge in [-0.1, -0.05) is 24.3 Å². The van der Waals surface area contributed by atoms with Gasteiger partial charge in [-0.3, -0.25) is 19.3 Å². The van der Waals surface area contributed by atoms with E-state index in [4.69, 9.17) is 9.47 Å². The van der Waals surface area contributed by atoms with Crippen molar-refractivity contribution >= 4 is 23.3 Å². The van der Waals surface area contributed by atoms with E-state index in [1.165, 1.54) is 4.90 Å². The lowest BCUT2D eigenvalue weighted by molar-refractivity contribution is -0.124. The van der Waals surface area contributed by atoms with E-state index in [0.29, 0.717) is 34.6 Å². The molecule has 6 nitrogen and oxygen atoms in total. The molecule has 2 amide bonds. The number of ether oxygens (including phenoxy) is 2. The summed E-state index contributed by atoms with van der Waals surface area (Å²) in [5.74, 6) is 1.97. The average Bonchev–Trinajstić information content (AvgIpc) is 3.61. The Morgan fingerprint density at radius 2 is 1.59 bits per heavy atom. The third-order valence-electron chi connectivity index (χ3n) is 7.52. The molecule has 2 aromatic carbocycles. The van der Waals surface area contributed by atoms with Crippen LogP contribution >= 0.6 is 0 Å². The predicted octanol–water partition coefficient (Wildman–Crippen LogP) is 3.51. The lowest BCUT2D eigenvalue weighted by atomic mass is 9.63. The number of carbonyl (C=O) groups excluding carboxylic acids is 3. The van der Waals surface area contributed by atoms with Crippen LogP contribution in [-0.2, 0) is 9.59 Å². The van der Waals surface area contributed by atoms with Crippen molar-refractivity contribution in [3.05, 3.63) is 66.2 Å². The smallest absolute Gasteiger partial charge is 0.238 e. The number of Topliss-reactive ketones (excluding diaryl/α,β-unsaturated/α-hetero) is 1. The van der Waals surface area contributed by atoms with Crippen LogP contribution in [0, 0.1) is 35.5 Å². The number of imide groups is 1. The molecule has 162 valence electrons. The molecule has 0 radical (unpaired) electrons. The number of carbonyl (C=O) groups is 3. The minimum atomic E-state index is -0.210. The number of methoxy groups -OCH3 is 1. The molecule has 0 aromatic heterocycles. The van der Waals surface area contributed by atoms with E-state index >= 15 is 0 Å². The van der Waals surface area contributed by atoms with Crippen molar-refractivity contribution in [3.63, 3.8) is 0 Å². The highest BCUT2D eigenvalue weighted by molar-refractivity contribution is 6.22. The Balaban J connectivity index is 1.15. The van der Waals surface area contributed by atoms with E-state index in [9.17, 15) is 14.4 Å². The Hall–Kier alpha value is -3.41. The highest BCUT2D eigenvalue weighted by atomic mass is 16.5. The fourth-order valence-corrected chi connectivity index (χ4v) is 5.93. The zero-order valence-corrected chi connectivity index (χ0v) is 17.6. The second kappa shape index (κ2) is 7.05. The SMILES string of the molecule is COc1cccc(C(=O)COc2ccc(N3C(=O)[C@@H]4[C@H]5C=C[C@@H]([C@@H]6C[C@H]56)[C@@H]4C3=O)cc2)c1. The summed E-state index contributed by atoms with van der Waals surface area (Å²) in [6, 6.07) is 13.7. The molecule has 3 fully saturated rings. The van der Waals surface area contributed by atoms with Crippen molar-refractivity contribution < 1.29 is 23.9 Å².